The van der Waals surface area contributed by atoms with E-state index >= 15 is 0 Å². The molecule has 0 atom stereocenters. The van der Waals surface area contributed by atoms with E-state index in [1.165, 1.54) is 0 Å². The Hall–Kier alpha value is -2.56. The third-order valence-corrected chi connectivity index (χ3v) is 2.49. The van der Waals surface area contributed by atoms with E-state index in [4.69, 9.17) is 16.2 Å². The molecule has 0 fully saturated rings. The van der Waals surface area contributed by atoms with Crippen LogP contribution in [0.25, 0.3) is 10.8 Å². The highest BCUT2D eigenvalue weighted by Gasteiger charge is 2.04. The molecule has 18 heavy (non-hydrogen) atoms. The number of nitrogens with zero attached hydrogens (tertiary/aromatic N) is 2. The first-order chi connectivity index (χ1) is 8.72. The van der Waals surface area contributed by atoms with Crippen LogP contribution in [-0.2, 0) is 0 Å². The van der Waals surface area contributed by atoms with Crippen molar-refractivity contribution < 1.29 is 4.74 Å². The van der Waals surface area contributed by atoms with Gasteiger partial charge in [-0.05, 0) is 11.5 Å². The molecule has 5 nitrogen and oxygen atoms in total. The van der Waals surface area contributed by atoms with Crippen molar-refractivity contribution in [2.75, 3.05) is 7.11 Å². The second kappa shape index (κ2) is 5.18. The smallest absolute Gasteiger partial charge is 0.211 e. The minimum Gasteiger partial charge on any atom is -0.496 e. The first-order valence-corrected chi connectivity index (χ1v) is 5.40. The first kappa shape index (κ1) is 11.9. The van der Waals surface area contributed by atoms with Crippen molar-refractivity contribution in [3.63, 3.8) is 0 Å². The lowest BCUT2D eigenvalue weighted by atomic mass is 10.0. The summed E-state index contributed by atoms with van der Waals surface area (Å²) < 4.78 is 5.35. The lowest BCUT2D eigenvalue weighted by Crippen LogP contribution is -2.21. The lowest BCUT2D eigenvalue weighted by molar-refractivity contribution is 0.420. The number of methoxy groups -OCH3 is 1. The Labute approximate surface area is 105 Å². The van der Waals surface area contributed by atoms with Crippen molar-refractivity contribution in [3.8, 4) is 5.75 Å². The quantitative estimate of drug-likeness (QED) is 0.485. The fourth-order valence-corrected chi connectivity index (χ4v) is 1.77. The highest BCUT2D eigenvalue weighted by molar-refractivity contribution is 6.03. The Kier molecular flexibility index (Phi) is 3.43. The standard InChI is InChI=1S/C13H14N4O/c1-18-11-7-3-5-9-4-2-6-10(12(9)11)8-16-17-13(14)15/h2-8H,1H3,(H4,14,15,17). The second-order valence-corrected chi connectivity index (χ2v) is 3.68. The van der Waals surface area contributed by atoms with Crippen molar-refractivity contribution in [2.45, 2.75) is 0 Å². The van der Waals surface area contributed by atoms with E-state index in [0.29, 0.717) is 0 Å². The number of nitrogens with two attached hydrogens (primary N) is 2. The summed E-state index contributed by atoms with van der Waals surface area (Å²) in [5.74, 6) is 0.720. The third kappa shape index (κ3) is 2.40. The number of benzene rings is 2. The molecule has 0 saturated heterocycles. The van der Waals surface area contributed by atoms with Gasteiger partial charge in [0.05, 0.1) is 13.3 Å². The van der Waals surface area contributed by atoms with Gasteiger partial charge in [-0.15, -0.1) is 5.10 Å². The summed E-state index contributed by atoms with van der Waals surface area (Å²) >= 11 is 0. The minimum absolute atomic E-state index is 0.0709. The molecule has 2 aromatic rings. The van der Waals surface area contributed by atoms with E-state index in [1.54, 1.807) is 13.3 Å². The van der Waals surface area contributed by atoms with Gasteiger partial charge in [0, 0.05) is 10.9 Å². The van der Waals surface area contributed by atoms with Crippen LogP contribution < -0.4 is 16.2 Å². The summed E-state index contributed by atoms with van der Waals surface area (Å²) in [6.07, 6.45) is 1.60. The first-order valence-electron chi connectivity index (χ1n) is 5.40. The van der Waals surface area contributed by atoms with Gasteiger partial charge in [0.15, 0.2) is 0 Å². The Bertz CT molecular complexity index is 610. The molecule has 0 saturated carbocycles. The van der Waals surface area contributed by atoms with Gasteiger partial charge in [-0.25, -0.2) is 0 Å². The number of hydrogen-bond acceptors (Lipinski definition) is 3. The summed E-state index contributed by atoms with van der Waals surface area (Å²) in [5.41, 5.74) is 11.3. The fraction of sp³-hybridized carbons (Fsp3) is 0.0769. The molecule has 2 rings (SSSR count). The molecule has 0 amide bonds. The van der Waals surface area contributed by atoms with Crippen molar-refractivity contribution in [1.82, 2.24) is 0 Å². The lowest BCUT2D eigenvalue weighted by Gasteiger charge is -2.07. The summed E-state index contributed by atoms with van der Waals surface area (Å²) in [7, 11) is 1.64. The maximum absolute atomic E-state index is 5.35. The molecule has 0 aliphatic rings. The zero-order chi connectivity index (χ0) is 13.0. The molecular weight excluding hydrogens is 228 g/mol. The predicted octanol–water partition coefficient (Wildman–Crippen LogP) is 1.46. The predicted molar refractivity (Wildman–Crippen MR) is 73.9 cm³/mol. The maximum Gasteiger partial charge on any atom is 0.211 e. The Balaban J connectivity index is 2.57. The molecule has 0 unspecified atom stereocenters. The van der Waals surface area contributed by atoms with E-state index in [1.807, 2.05) is 36.4 Å². The van der Waals surface area contributed by atoms with Crippen molar-refractivity contribution in [2.24, 2.45) is 21.7 Å². The van der Waals surface area contributed by atoms with Gasteiger partial charge < -0.3 is 16.2 Å². The number of fused-ring (bicyclic) bond motifs is 1. The van der Waals surface area contributed by atoms with Crippen LogP contribution in [0.5, 0.6) is 5.75 Å². The molecule has 4 N–H and O–H groups in total. The van der Waals surface area contributed by atoms with Crippen molar-refractivity contribution >= 4 is 22.9 Å². The van der Waals surface area contributed by atoms with Crippen LogP contribution in [0.3, 0.4) is 0 Å². The fourth-order valence-electron chi connectivity index (χ4n) is 1.77. The third-order valence-electron chi connectivity index (χ3n) is 2.49. The largest absolute Gasteiger partial charge is 0.496 e. The van der Waals surface area contributed by atoms with E-state index in [-0.39, 0.29) is 5.96 Å². The van der Waals surface area contributed by atoms with Crippen LogP contribution in [-0.4, -0.2) is 19.3 Å². The van der Waals surface area contributed by atoms with Crippen LogP contribution >= 0.6 is 0 Å². The van der Waals surface area contributed by atoms with Crippen LogP contribution in [0.4, 0.5) is 0 Å². The van der Waals surface area contributed by atoms with Crippen molar-refractivity contribution in [1.29, 1.82) is 0 Å². The van der Waals surface area contributed by atoms with E-state index in [2.05, 4.69) is 10.2 Å². The SMILES string of the molecule is COc1cccc2cccc(C=NN=C(N)N)c12. The highest BCUT2D eigenvalue weighted by Crippen LogP contribution is 2.27. The Morgan fingerprint density at radius 2 is 1.89 bits per heavy atom. The van der Waals surface area contributed by atoms with Gasteiger partial charge in [-0.3, -0.25) is 0 Å². The number of hydrogen-bond donors (Lipinski definition) is 2. The molecule has 0 spiro atoms. The summed E-state index contributed by atoms with van der Waals surface area (Å²) in [6, 6.07) is 11.7. The molecule has 2 aromatic carbocycles. The Morgan fingerprint density at radius 1 is 1.17 bits per heavy atom. The van der Waals surface area contributed by atoms with Gasteiger partial charge in [-0.2, -0.15) is 5.10 Å². The number of guanidine groups is 1. The zero-order valence-corrected chi connectivity index (χ0v) is 10.00. The normalized spacial score (nSPS) is 10.7. The van der Waals surface area contributed by atoms with Crippen LogP contribution in [0.1, 0.15) is 5.56 Å². The molecule has 0 aliphatic heterocycles. The van der Waals surface area contributed by atoms with Gasteiger partial charge in [0.2, 0.25) is 5.96 Å². The summed E-state index contributed by atoms with van der Waals surface area (Å²) in [5, 5.41) is 9.46. The minimum atomic E-state index is -0.0709. The zero-order valence-electron chi connectivity index (χ0n) is 10.00. The topological polar surface area (TPSA) is 86.0 Å². The van der Waals surface area contributed by atoms with Gasteiger partial charge in [-0.1, -0.05) is 30.3 Å². The van der Waals surface area contributed by atoms with Crippen LogP contribution in [0, 0.1) is 0 Å². The summed E-state index contributed by atoms with van der Waals surface area (Å²) in [4.78, 5) is 0. The molecule has 0 radical (unpaired) electrons. The molecule has 5 heteroatoms. The molecule has 92 valence electrons. The Morgan fingerprint density at radius 3 is 2.56 bits per heavy atom. The summed E-state index contributed by atoms with van der Waals surface area (Å²) in [6.45, 7) is 0. The average molecular weight is 242 g/mol. The van der Waals surface area contributed by atoms with Crippen LogP contribution in [0.2, 0.25) is 0 Å². The molecule has 0 heterocycles. The monoisotopic (exact) mass is 242 g/mol. The van der Waals surface area contributed by atoms with Gasteiger partial charge >= 0.3 is 0 Å². The maximum atomic E-state index is 5.35. The van der Waals surface area contributed by atoms with Gasteiger partial charge in [0.25, 0.3) is 0 Å². The highest BCUT2D eigenvalue weighted by atomic mass is 16.5. The average Bonchev–Trinajstić information content (AvgIpc) is 2.37. The van der Waals surface area contributed by atoms with Gasteiger partial charge in [0.1, 0.15) is 5.75 Å². The molecule has 0 aromatic heterocycles. The molecular formula is C13H14N4O. The second-order valence-electron chi connectivity index (χ2n) is 3.68. The van der Waals surface area contributed by atoms with Crippen molar-refractivity contribution in [3.05, 3.63) is 42.0 Å². The number of rotatable bonds is 3. The van der Waals surface area contributed by atoms with Crippen LogP contribution in [0.15, 0.2) is 46.6 Å². The van der Waals surface area contributed by atoms with E-state index in [0.717, 1.165) is 22.1 Å². The number of ether oxygens (including phenoxy) is 1. The molecule has 0 bridgehead atoms. The van der Waals surface area contributed by atoms with E-state index < -0.39 is 0 Å². The van der Waals surface area contributed by atoms with E-state index in [9.17, 15) is 0 Å². The molecule has 0 aliphatic carbocycles.